The summed E-state index contributed by atoms with van der Waals surface area (Å²) in [5.41, 5.74) is 4.50. The average molecular weight is 384 g/mol. The normalized spacial score (nSPS) is 10.9. The maximum Gasteiger partial charge on any atom is 0.266 e. The van der Waals surface area contributed by atoms with Crippen molar-refractivity contribution >= 4 is 22.3 Å². The second-order valence-corrected chi connectivity index (χ2v) is 7.45. The van der Waals surface area contributed by atoms with Crippen molar-refractivity contribution in [3.63, 3.8) is 0 Å². The predicted octanol–water partition coefficient (Wildman–Crippen LogP) is 4.18. The fourth-order valence-corrected chi connectivity index (χ4v) is 3.37. The molecule has 4 aromatic rings. The molecule has 0 N–H and O–H groups in total. The standard InChI is InChI=1S/C24H24N4O/c1-26(2)18-11-9-17(10-12-18)23-25-22-8-6-5-7-21(22)24(29)28(23)20-15-13-19(14-16-20)27(3)4/h5-16H,1-4H3. The first kappa shape index (κ1) is 18.7. The van der Waals surface area contributed by atoms with Gasteiger partial charge in [0.15, 0.2) is 0 Å². The highest BCUT2D eigenvalue weighted by Crippen LogP contribution is 2.25. The number of aromatic nitrogens is 2. The third-order valence-corrected chi connectivity index (χ3v) is 5.04. The molecule has 0 saturated heterocycles. The van der Waals surface area contributed by atoms with E-state index in [1.54, 1.807) is 4.57 Å². The van der Waals surface area contributed by atoms with E-state index < -0.39 is 0 Å². The quantitative estimate of drug-likeness (QED) is 0.529. The number of para-hydroxylation sites is 1. The Morgan fingerprint density at radius 3 is 1.86 bits per heavy atom. The van der Waals surface area contributed by atoms with Gasteiger partial charge in [-0.3, -0.25) is 9.36 Å². The van der Waals surface area contributed by atoms with Crippen molar-refractivity contribution in [1.29, 1.82) is 0 Å². The van der Waals surface area contributed by atoms with Gasteiger partial charge in [-0.15, -0.1) is 0 Å². The summed E-state index contributed by atoms with van der Waals surface area (Å²) < 4.78 is 1.70. The van der Waals surface area contributed by atoms with Crippen LogP contribution in [0.25, 0.3) is 28.0 Å². The smallest absolute Gasteiger partial charge is 0.266 e. The van der Waals surface area contributed by atoms with Gasteiger partial charge in [0.05, 0.1) is 16.6 Å². The number of hydrogen-bond donors (Lipinski definition) is 0. The minimum absolute atomic E-state index is 0.0695. The van der Waals surface area contributed by atoms with Crippen LogP contribution >= 0.6 is 0 Å². The molecule has 5 heteroatoms. The summed E-state index contributed by atoms with van der Waals surface area (Å²) in [6.45, 7) is 0. The zero-order valence-electron chi connectivity index (χ0n) is 17.1. The molecule has 1 heterocycles. The Hall–Kier alpha value is -3.60. The molecule has 3 aromatic carbocycles. The second kappa shape index (κ2) is 7.43. The molecule has 29 heavy (non-hydrogen) atoms. The van der Waals surface area contributed by atoms with Crippen LogP contribution in [0.4, 0.5) is 11.4 Å². The maximum absolute atomic E-state index is 13.4. The highest BCUT2D eigenvalue weighted by atomic mass is 16.1. The molecular weight excluding hydrogens is 360 g/mol. The van der Waals surface area contributed by atoms with Crippen LogP contribution in [0.15, 0.2) is 77.6 Å². The topological polar surface area (TPSA) is 41.4 Å². The summed E-state index contributed by atoms with van der Waals surface area (Å²) in [5.74, 6) is 0.636. The van der Waals surface area contributed by atoms with Gasteiger partial charge in [-0.05, 0) is 60.7 Å². The van der Waals surface area contributed by atoms with Crippen LogP contribution in [-0.2, 0) is 0 Å². The molecule has 146 valence electrons. The van der Waals surface area contributed by atoms with Gasteiger partial charge in [0.25, 0.3) is 5.56 Å². The van der Waals surface area contributed by atoms with E-state index in [2.05, 4.69) is 0 Å². The summed E-state index contributed by atoms with van der Waals surface area (Å²) >= 11 is 0. The summed E-state index contributed by atoms with van der Waals surface area (Å²) in [7, 11) is 8.00. The average Bonchev–Trinajstić information content (AvgIpc) is 2.74. The lowest BCUT2D eigenvalue weighted by atomic mass is 10.1. The highest BCUT2D eigenvalue weighted by Gasteiger charge is 2.14. The monoisotopic (exact) mass is 384 g/mol. The van der Waals surface area contributed by atoms with E-state index in [9.17, 15) is 4.79 Å². The lowest BCUT2D eigenvalue weighted by molar-refractivity contribution is 0.974. The molecule has 5 nitrogen and oxygen atoms in total. The van der Waals surface area contributed by atoms with Crippen LogP contribution in [0, 0.1) is 0 Å². The van der Waals surface area contributed by atoms with E-state index in [4.69, 9.17) is 4.98 Å². The minimum atomic E-state index is -0.0695. The molecule has 0 spiro atoms. The first-order chi connectivity index (χ1) is 14.0. The van der Waals surface area contributed by atoms with Crippen molar-refractivity contribution in [2.24, 2.45) is 0 Å². The Kier molecular flexibility index (Phi) is 4.80. The molecular formula is C24H24N4O. The summed E-state index contributed by atoms with van der Waals surface area (Å²) in [6.07, 6.45) is 0. The molecule has 4 rings (SSSR count). The Morgan fingerprint density at radius 2 is 1.28 bits per heavy atom. The molecule has 0 amide bonds. The van der Waals surface area contributed by atoms with E-state index in [-0.39, 0.29) is 5.56 Å². The Labute approximate surface area is 170 Å². The SMILES string of the molecule is CN(C)c1ccc(-c2nc3ccccc3c(=O)n2-c2ccc(N(C)C)cc2)cc1. The van der Waals surface area contributed by atoms with Crippen LogP contribution in [0.3, 0.4) is 0 Å². The summed E-state index contributed by atoms with van der Waals surface area (Å²) in [6, 6.07) is 23.5. The lowest BCUT2D eigenvalue weighted by Crippen LogP contribution is -2.22. The molecule has 0 aliphatic carbocycles. The summed E-state index contributed by atoms with van der Waals surface area (Å²) in [5, 5.41) is 0.609. The molecule has 1 aromatic heterocycles. The van der Waals surface area contributed by atoms with Gasteiger partial charge in [-0.2, -0.15) is 0 Å². The van der Waals surface area contributed by atoms with Crippen LogP contribution in [0.2, 0.25) is 0 Å². The number of rotatable bonds is 4. The first-order valence-electron chi connectivity index (χ1n) is 9.53. The Balaban J connectivity index is 1.97. The van der Waals surface area contributed by atoms with Gasteiger partial charge < -0.3 is 9.80 Å². The molecule has 0 saturated carbocycles. The summed E-state index contributed by atoms with van der Waals surface area (Å²) in [4.78, 5) is 22.4. The van der Waals surface area contributed by atoms with Crippen LogP contribution in [0.1, 0.15) is 0 Å². The zero-order chi connectivity index (χ0) is 20.5. The molecule has 0 aliphatic rings. The van der Waals surface area contributed by atoms with Crippen LogP contribution in [0.5, 0.6) is 0 Å². The van der Waals surface area contributed by atoms with Crippen molar-refractivity contribution in [2.75, 3.05) is 38.0 Å². The van der Waals surface area contributed by atoms with Crippen molar-refractivity contribution in [1.82, 2.24) is 9.55 Å². The second-order valence-electron chi connectivity index (χ2n) is 7.45. The van der Waals surface area contributed by atoms with E-state index in [1.807, 2.05) is 111 Å². The zero-order valence-corrected chi connectivity index (χ0v) is 17.1. The van der Waals surface area contributed by atoms with Crippen molar-refractivity contribution in [3.05, 3.63) is 83.2 Å². The van der Waals surface area contributed by atoms with Gasteiger partial charge in [-0.25, -0.2) is 4.98 Å². The number of benzene rings is 3. The lowest BCUT2D eigenvalue weighted by Gasteiger charge is -2.17. The van der Waals surface area contributed by atoms with Crippen LogP contribution < -0.4 is 15.4 Å². The third kappa shape index (κ3) is 3.47. The van der Waals surface area contributed by atoms with Gasteiger partial charge >= 0.3 is 0 Å². The van der Waals surface area contributed by atoms with E-state index >= 15 is 0 Å². The third-order valence-electron chi connectivity index (χ3n) is 5.04. The number of nitrogens with zero attached hydrogens (tertiary/aromatic N) is 4. The fraction of sp³-hybridized carbons (Fsp3) is 0.167. The highest BCUT2D eigenvalue weighted by molar-refractivity contribution is 5.80. The molecule has 0 unspecified atom stereocenters. The van der Waals surface area contributed by atoms with E-state index in [0.29, 0.717) is 16.7 Å². The van der Waals surface area contributed by atoms with E-state index in [1.165, 1.54) is 0 Å². The molecule has 0 bridgehead atoms. The Morgan fingerprint density at radius 1 is 0.724 bits per heavy atom. The van der Waals surface area contributed by atoms with Gasteiger partial charge in [0.1, 0.15) is 5.82 Å². The van der Waals surface area contributed by atoms with Crippen LogP contribution in [-0.4, -0.2) is 37.7 Å². The first-order valence-corrected chi connectivity index (χ1v) is 9.53. The van der Waals surface area contributed by atoms with Gasteiger partial charge in [-0.1, -0.05) is 12.1 Å². The van der Waals surface area contributed by atoms with Gasteiger partial charge in [0, 0.05) is 45.1 Å². The fourth-order valence-electron chi connectivity index (χ4n) is 3.37. The number of fused-ring (bicyclic) bond motifs is 1. The molecule has 0 atom stereocenters. The van der Waals surface area contributed by atoms with E-state index in [0.717, 1.165) is 22.6 Å². The predicted molar refractivity (Wildman–Crippen MR) is 121 cm³/mol. The Bertz CT molecular complexity index is 1210. The van der Waals surface area contributed by atoms with Crippen molar-refractivity contribution in [3.8, 4) is 17.1 Å². The van der Waals surface area contributed by atoms with Crippen molar-refractivity contribution in [2.45, 2.75) is 0 Å². The van der Waals surface area contributed by atoms with Crippen molar-refractivity contribution < 1.29 is 0 Å². The molecule has 0 radical (unpaired) electrons. The molecule has 0 fully saturated rings. The minimum Gasteiger partial charge on any atom is -0.378 e. The van der Waals surface area contributed by atoms with Gasteiger partial charge in [0.2, 0.25) is 0 Å². The largest absolute Gasteiger partial charge is 0.378 e. The number of hydrogen-bond acceptors (Lipinski definition) is 4. The number of anilines is 2. The maximum atomic E-state index is 13.4. The molecule has 0 aliphatic heterocycles.